The van der Waals surface area contributed by atoms with Crippen LogP contribution >= 0.6 is 0 Å². The van der Waals surface area contributed by atoms with Gasteiger partial charge in [0.05, 0.1) is 0 Å². The first-order chi connectivity index (χ1) is 27.4. The van der Waals surface area contributed by atoms with E-state index in [-0.39, 0.29) is 31.1 Å². The van der Waals surface area contributed by atoms with Crippen LogP contribution in [0.25, 0.3) is 0 Å². The van der Waals surface area contributed by atoms with E-state index >= 15 is 0 Å². The molecule has 332 valence electrons. The van der Waals surface area contributed by atoms with Crippen molar-refractivity contribution in [1.29, 1.82) is 0 Å². The van der Waals surface area contributed by atoms with Gasteiger partial charge in [0.1, 0.15) is 13.2 Å². The molecule has 0 aromatic rings. The SMILES string of the molecule is CCCCCCCCCCCCC(=O)OC[C@@H](COC(=O)CCCCCCCCCCC)OC(=O)CCCCCCCCCCCCCCCCCCC(C)C. The van der Waals surface area contributed by atoms with Gasteiger partial charge in [0.25, 0.3) is 0 Å². The van der Waals surface area contributed by atoms with Crippen LogP contribution in [0.2, 0.25) is 0 Å². The minimum absolute atomic E-state index is 0.0633. The summed E-state index contributed by atoms with van der Waals surface area (Å²) < 4.78 is 16.7. The Labute approximate surface area is 348 Å². The van der Waals surface area contributed by atoms with Crippen molar-refractivity contribution in [3.8, 4) is 0 Å². The lowest BCUT2D eigenvalue weighted by Crippen LogP contribution is -2.30. The number of hydrogen-bond acceptors (Lipinski definition) is 6. The van der Waals surface area contributed by atoms with E-state index in [1.54, 1.807) is 0 Å². The van der Waals surface area contributed by atoms with E-state index in [2.05, 4.69) is 27.7 Å². The van der Waals surface area contributed by atoms with E-state index in [1.807, 2.05) is 0 Å². The Morgan fingerprint density at radius 3 is 0.875 bits per heavy atom. The van der Waals surface area contributed by atoms with E-state index in [4.69, 9.17) is 14.2 Å². The minimum Gasteiger partial charge on any atom is -0.462 e. The van der Waals surface area contributed by atoms with Crippen molar-refractivity contribution in [2.24, 2.45) is 5.92 Å². The van der Waals surface area contributed by atoms with Crippen LogP contribution in [0.3, 0.4) is 0 Å². The maximum absolute atomic E-state index is 12.7. The zero-order valence-corrected chi connectivity index (χ0v) is 38.1. The third-order valence-corrected chi connectivity index (χ3v) is 11.3. The molecule has 0 N–H and O–H groups in total. The van der Waals surface area contributed by atoms with Crippen LogP contribution in [0.15, 0.2) is 0 Å². The van der Waals surface area contributed by atoms with E-state index in [9.17, 15) is 14.4 Å². The van der Waals surface area contributed by atoms with Gasteiger partial charge in [-0.3, -0.25) is 14.4 Å². The molecule has 0 aromatic carbocycles. The molecule has 0 saturated heterocycles. The third-order valence-electron chi connectivity index (χ3n) is 11.3. The number of esters is 3. The second kappa shape index (κ2) is 44.5. The molecular formula is C50H96O6. The van der Waals surface area contributed by atoms with Crippen molar-refractivity contribution in [3.05, 3.63) is 0 Å². The zero-order valence-electron chi connectivity index (χ0n) is 38.1. The minimum atomic E-state index is -0.759. The second-order valence-corrected chi connectivity index (χ2v) is 17.6. The largest absolute Gasteiger partial charge is 0.462 e. The van der Waals surface area contributed by atoms with Gasteiger partial charge in [0, 0.05) is 19.3 Å². The van der Waals surface area contributed by atoms with E-state index < -0.39 is 6.10 Å². The van der Waals surface area contributed by atoms with Gasteiger partial charge in [-0.05, 0) is 25.2 Å². The molecule has 6 heteroatoms. The van der Waals surface area contributed by atoms with Crippen molar-refractivity contribution < 1.29 is 28.6 Å². The van der Waals surface area contributed by atoms with Gasteiger partial charge in [-0.25, -0.2) is 0 Å². The van der Waals surface area contributed by atoms with Crippen LogP contribution in [0.5, 0.6) is 0 Å². The molecule has 0 bridgehead atoms. The van der Waals surface area contributed by atoms with Gasteiger partial charge >= 0.3 is 17.9 Å². The number of ether oxygens (including phenoxy) is 3. The van der Waals surface area contributed by atoms with Crippen LogP contribution in [-0.4, -0.2) is 37.2 Å². The molecule has 0 fully saturated rings. The van der Waals surface area contributed by atoms with E-state index in [0.717, 1.165) is 63.7 Å². The first-order valence-corrected chi connectivity index (χ1v) is 24.9. The number of rotatable bonds is 45. The maximum atomic E-state index is 12.7. The van der Waals surface area contributed by atoms with Crippen molar-refractivity contribution in [2.45, 2.75) is 284 Å². The van der Waals surface area contributed by atoms with Crippen molar-refractivity contribution in [1.82, 2.24) is 0 Å². The summed E-state index contributed by atoms with van der Waals surface area (Å²) in [5, 5.41) is 0. The van der Waals surface area contributed by atoms with E-state index in [0.29, 0.717) is 19.3 Å². The fourth-order valence-electron chi connectivity index (χ4n) is 7.51. The molecule has 0 aromatic heterocycles. The van der Waals surface area contributed by atoms with E-state index in [1.165, 1.54) is 173 Å². The Morgan fingerprint density at radius 2 is 0.589 bits per heavy atom. The van der Waals surface area contributed by atoms with Gasteiger partial charge in [-0.15, -0.1) is 0 Å². The first-order valence-electron chi connectivity index (χ1n) is 24.9. The third kappa shape index (κ3) is 43.5. The molecule has 0 aliphatic rings. The molecule has 0 spiro atoms. The number of hydrogen-bond donors (Lipinski definition) is 0. The lowest BCUT2D eigenvalue weighted by atomic mass is 10.0. The summed E-state index contributed by atoms with van der Waals surface area (Å²) in [6.45, 7) is 9.00. The van der Waals surface area contributed by atoms with Gasteiger partial charge in [0.15, 0.2) is 6.10 Å². The predicted molar refractivity (Wildman–Crippen MR) is 238 cm³/mol. The van der Waals surface area contributed by atoms with Crippen LogP contribution in [0.1, 0.15) is 278 Å². The Bertz CT molecular complexity index is 841. The molecular weight excluding hydrogens is 697 g/mol. The molecule has 0 heterocycles. The molecule has 0 rings (SSSR count). The Morgan fingerprint density at radius 1 is 0.339 bits per heavy atom. The topological polar surface area (TPSA) is 78.9 Å². The lowest BCUT2D eigenvalue weighted by molar-refractivity contribution is -0.167. The highest BCUT2D eigenvalue weighted by Crippen LogP contribution is 2.17. The number of carbonyl (C=O) groups is 3. The summed E-state index contributed by atoms with van der Waals surface area (Å²) in [5.74, 6) is 0.000443. The normalized spacial score (nSPS) is 11.9. The summed E-state index contributed by atoms with van der Waals surface area (Å²) >= 11 is 0. The molecule has 0 saturated carbocycles. The highest BCUT2D eigenvalue weighted by molar-refractivity contribution is 5.71. The average molecular weight is 793 g/mol. The summed E-state index contributed by atoms with van der Waals surface area (Å²) in [6.07, 6.45) is 45.2. The molecule has 0 amide bonds. The monoisotopic (exact) mass is 793 g/mol. The Hall–Kier alpha value is -1.59. The fourth-order valence-corrected chi connectivity index (χ4v) is 7.51. The van der Waals surface area contributed by atoms with Gasteiger partial charge in [-0.2, -0.15) is 0 Å². The summed E-state index contributed by atoms with van der Waals surface area (Å²) in [6, 6.07) is 0. The second-order valence-electron chi connectivity index (χ2n) is 17.6. The smallest absolute Gasteiger partial charge is 0.306 e. The highest BCUT2D eigenvalue weighted by atomic mass is 16.6. The molecule has 0 radical (unpaired) electrons. The molecule has 0 unspecified atom stereocenters. The first kappa shape index (κ1) is 54.4. The average Bonchev–Trinajstić information content (AvgIpc) is 3.18. The predicted octanol–water partition coefficient (Wildman–Crippen LogP) is 15.9. The fraction of sp³-hybridized carbons (Fsp3) is 0.940. The number of unbranched alkanes of at least 4 members (excludes halogenated alkanes) is 32. The van der Waals surface area contributed by atoms with Crippen LogP contribution < -0.4 is 0 Å². The molecule has 1 atom stereocenters. The number of carbonyl (C=O) groups excluding carboxylic acids is 3. The van der Waals surface area contributed by atoms with Crippen molar-refractivity contribution >= 4 is 17.9 Å². The van der Waals surface area contributed by atoms with Gasteiger partial charge < -0.3 is 14.2 Å². The Kier molecular flexibility index (Phi) is 43.2. The quantitative estimate of drug-likeness (QED) is 0.0347. The Balaban J connectivity index is 4.21. The molecule has 56 heavy (non-hydrogen) atoms. The van der Waals surface area contributed by atoms with Crippen molar-refractivity contribution in [3.63, 3.8) is 0 Å². The summed E-state index contributed by atoms with van der Waals surface area (Å²) in [4.78, 5) is 37.7. The lowest BCUT2D eigenvalue weighted by Gasteiger charge is -2.18. The summed E-state index contributed by atoms with van der Waals surface area (Å²) in [7, 11) is 0. The maximum Gasteiger partial charge on any atom is 0.306 e. The van der Waals surface area contributed by atoms with Crippen LogP contribution in [0.4, 0.5) is 0 Å². The zero-order chi connectivity index (χ0) is 41.0. The molecule has 6 nitrogen and oxygen atoms in total. The van der Waals surface area contributed by atoms with Crippen LogP contribution in [-0.2, 0) is 28.6 Å². The van der Waals surface area contributed by atoms with Crippen LogP contribution in [0, 0.1) is 5.92 Å². The van der Waals surface area contributed by atoms with Crippen molar-refractivity contribution in [2.75, 3.05) is 13.2 Å². The standard InChI is InChI=1S/C50H96O6/c1-5-7-9-11-13-15-26-30-34-38-42-49(52)55-45-47(44-54-48(51)41-37-33-29-24-14-12-10-8-6-2)56-50(53)43-39-35-31-27-23-21-19-17-16-18-20-22-25-28-32-36-40-46(3)4/h46-47H,5-45H2,1-4H3/t47-/m1/s1. The summed E-state index contributed by atoms with van der Waals surface area (Å²) in [5.41, 5.74) is 0. The van der Waals surface area contributed by atoms with Gasteiger partial charge in [0.2, 0.25) is 0 Å². The van der Waals surface area contributed by atoms with Gasteiger partial charge in [-0.1, -0.05) is 240 Å². The molecule has 0 aliphatic heterocycles. The molecule has 0 aliphatic carbocycles. The highest BCUT2D eigenvalue weighted by Gasteiger charge is 2.19.